The molecule has 2 aliphatic heterocycles. The van der Waals surface area contributed by atoms with E-state index in [4.69, 9.17) is 14.2 Å². The van der Waals surface area contributed by atoms with Crippen LogP contribution in [-0.4, -0.2) is 31.0 Å². The second kappa shape index (κ2) is 7.56. The smallest absolute Gasteiger partial charge is 0.363 e. The molecular formula is C21H18N2O5. The van der Waals surface area contributed by atoms with Gasteiger partial charge in [-0.1, -0.05) is 12.1 Å². The van der Waals surface area contributed by atoms with E-state index in [1.165, 1.54) is 6.92 Å². The lowest BCUT2D eigenvalue weighted by molar-refractivity contribution is -0.129. The minimum atomic E-state index is -0.534. The number of ether oxygens (including phenoxy) is 3. The molecule has 7 nitrogen and oxygen atoms in total. The minimum absolute atomic E-state index is 0.157. The summed E-state index contributed by atoms with van der Waals surface area (Å²) in [6, 6.07) is 12.4. The van der Waals surface area contributed by atoms with Crippen molar-refractivity contribution in [3.05, 3.63) is 59.3 Å². The van der Waals surface area contributed by atoms with Crippen LogP contribution in [0.15, 0.2) is 53.2 Å². The van der Waals surface area contributed by atoms with Crippen molar-refractivity contribution >= 4 is 29.5 Å². The molecule has 2 aromatic carbocycles. The van der Waals surface area contributed by atoms with Crippen molar-refractivity contribution in [1.82, 2.24) is 0 Å². The Bertz CT molecular complexity index is 992. The molecule has 1 amide bonds. The summed E-state index contributed by atoms with van der Waals surface area (Å²) in [5.41, 5.74) is 2.18. The third kappa shape index (κ3) is 3.73. The van der Waals surface area contributed by atoms with E-state index < -0.39 is 5.97 Å². The molecule has 0 saturated carbocycles. The lowest BCUT2D eigenvalue weighted by Crippen LogP contribution is -2.07. The maximum atomic E-state index is 12.3. The first-order valence-electron chi connectivity index (χ1n) is 8.89. The highest BCUT2D eigenvalue weighted by Gasteiger charge is 2.25. The number of aliphatic imine (C=N–C) groups is 1. The first kappa shape index (κ1) is 17.8. The summed E-state index contributed by atoms with van der Waals surface area (Å²) in [7, 11) is 0. The zero-order valence-electron chi connectivity index (χ0n) is 15.2. The number of carbonyl (C=O) groups is 2. The molecule has 0 bridgehead atoms. The van der Waals surface area contributed by atoms with Crippen LogP contribution in [0.5, 0.6) is 11.5 Å². The predicted octanol–water partition coefficient (Wildman–Crippen LogP) is 3.15. The zero-order valence-corrected chi connectivity index (χ0v) is 15.2. The van der Waals surface area contributed by atoms with Crippen molar-refractivity contribution < 1.29 is 23.8 Å². The molecule has 0 aliphatic carbocycles. The van der Waals surface area contributed by atoms with Gasteiger partial charge in [0.05, 0.1) is 13.2 Å². The van der Waals surface area contributed by atoms with E-state index in [2.05, 4.69) is 10.3 Å². The molecule has 0 saturated heterocycles. The normalized spacial score (nSPS) is 17.0. The Morgan fingerprint density at radius 3 is 2.68 bits per heavy atom. The number of amides is 1. The molecule has 0 aromatic heterocycles. The van der Waals surface area contributed by atoms with Crippen molar-refractivity contribution in [3.8, 4) is 11.5 Å². The molecule has 142 valence electrons. The Hall–Kier alpha value is -3.61. The Balaban J connectivity index is 1.62. The molecule has 28 heavy (non-hydrogen) atoms. The van der Waals surface area contributed by atoms with E-state index in [1.54, 1.807) is 30.3 Å². The summed E-state index contributed by atoms with van der Waals surface area (Å²) >= 11 is 0. The van der Waals surface area contributed by atoms with Crippen molar-refractivity contribution in [2.45, 2.75) is 13.3 Å². The van der Waals surface area contributed by atoms with Crippen LogP contribution in [0.1, 0.15) is 24.5 Å². The first-order chi connectivity index (χ1) is 13.6. The number of hydrogen-bond acceptors (Lipinski definition) is 6. The van der Waals surface area contributed by atoms with Gasteiger partial charge in [0, 0.05) is 30.2 Å². The number of fused-ring (bicyclic) bond motifs is 1. The topological polar surface area (TPSA) is 86.2 Å². The Labute approximate surface area is 161 Å². The molecule has 0 radical (unpaired) electrons. The number of para-hydroxylation sites is 1. The second-order valence-corrected chi connectivity index (χ2v) is 6.32. The molecular weight excluding hydrogens is 360 g/mol. The van der Waals surface area contributed by atoms with Crippen molar-refractivity contribution in [3.63, 3.8) is 0 Å². The number of rotatable bonds is 3. The fourth-order valence-electron chi connectivity index (χ4n) is 2.91. The standard InChI is InChI=1S/C21H18N2O5/c1-13(24)22-16-8-6-14(7-9-16)20-23-17(21(25)28-20)12-15-4-2-5-18-19(15)27-11-3-10-26-18/h2,4-9,12H,3,10-11H2,1H3,(H,22,24)/b17-12+. The van der Waals surface area contributed by atoms with Crippen LogP contribution < -0.4 is 14.8 Å². The molecule has 1 N–H and O–H groups in total. The van der Waals surface area contributed by atoms with Crippen LogP contribution in [0, 0.1) is 0 Å². The fraction of sp³-hybridized carbons (Fsp3) is 0.190. The minimum Gasteiger partial charge on any atom is -0.490 e. The van der Waals surface area contributed by atoms with E-state index in [-0.39, 0.29) is 17.5 Å². The van der Waals surface area contributed by atoms with Gasteiger partial charge in [0.2, 0.25) is 11.8 Å². The van der Waals surface area contributed by atoms with Gasteiger partial charge in [0.1, 0.15) is 0 Å². The van der Waals surface area contributed by atoms with Gasteiger partial charge in [0.15, 0.2) is 17.2 Å². The van der Waals surface area contributed by atoms with Crippen LogP contribution >= 0.6 is 0 Å². The second-order valence-electron chi connectivity index (χ2n) is 6.32. The third-order valence-electron chi connectivity index (χ3n) is 4.17. The highest BCUT2D eigenvalue weighted by atomic mass is 16.6. The largest absolute Gasteiger partial charge is 0.490 e. The molecule has 2 aliphatic rings. The summed E-state index contributed by atoms with van der Waals surface area (Å²) in [4.78, 5) is 27.7. The maximum absolute atomic E-state index is 12.3. The van der Waals surface area contributed by atoms with E-state index in [0.29, 0.717) is 41.5 Å². The average molecular weight is 378 g/mol. The van der Waals surface area contributed by atoms with Crippen molar-refractivity contribution in [1.29, 1.82) is 0 Å². The molecule has 0 unspecified atom stereocenters. The summed E-state index contributed by atoms with van der Waals surface area (Å²) < 4.78 is 16.8. The lowest BCUT2D eigenvalue weighted by Gasteiger charge is -2.09. The number of nitrogens with zero attached hydrogens (tertiary/aromatic N) is 1. The summed E-state index contributed by atoms with van der Waals surface area (Å²) in [5.74, 6) is 0.772. The van der Waals surface area contributed by atoms with Crippen LogP contribution in [-0.2, 0) is 14.3 Å². The molecule has 0 spiro atoms. The molecule has 0 atom stereocenters. The van der Waals surface area contributed by atoms with Crippen LogP contribution in [0.25, 0.3) is 6.08 Å². The van der Waals surface area contributed by atoms with Crippen LogP contribution in [0.4, 0.5) is 5.69 Å². The van der Waals surface area contributed by atoms with Gasteiger partial charge in [-0.2, -0.15) is 0 Å². The predicted molar refractivity (Wildman–Crippen MR) is 103 cm³/mol. The zero-order chi connectivity index (χ0) is 19.5. The summed E-state index contributed by atoms with van der Waals surface area (Å²) in [6.45, 7) is 2.57. The van der Waals surface area contributed by atoms with Gasteiger partial charge in [0.25, 0.3) is 0 Å². The number of hydrogen-bond donors (Lipinski definition) is 1. The van der Waals surface area contributed by atoms with Gasteiger partial charge in [-0.3, -0.25) is 4.79 Å². The van der Waals surface area contributed by atoms with Crippen LogP contribution in [0.2, 0.25) is 0 Å². The van der Waals surface area contributed by atoms with Crippen LogP contribution in [0.3, 0.4) is 0 Å². The van der Waals surface area contributed by atoms with Gasteiger partial charge in [-0.25, -0.2) is 9.79 Å². The average Bonchev–Trinajstić information content (AvgIpc) is 2.89. The van der Waals surface area contributed by atoms with Gasteiger partial charge in [-0.05, 0) is 36.4 Å². The quantitative estimate of drug-likeness (QED) is 0.655. The molecule has 7 heteroatoms. The molecule has 0 fully saturated rings. The number of benzene rings is 2. The third-order valence-corrected chi connectivity index (χ3v) is 4.17. The van der Waals surface area contributed by atoms with Gasteiger partial charge >= 0.3 is 5.97 Å². The monoisotopic (exact) mass is 378 g/mol. The lowest BCUT2D eigenvalue weighted by atomic mass is 10.1. The Morgan fingerprint density at radius 1 is 1.11 bits per heavy atom. The number of esters is 1. The van der Waals surface area contributed by atoms with Crippen molar-refractivity contribution in [2.24, 2.45) is 4.99 Å². The van der Waals surface area contributed by atoms with Crippen molar-refractivity contribution in [2.75, 3.05) is 18.5 Å². The Kier molecular flexibility index (Phi) is 4.80. The number of carbonyl (C=O) groups excluding carboxylic acids is 2. The Morgan fingerprint density at radius 2 is 1.89 bits per heavy atom. The highest BCUT2D eigenvalue weighted by molar-refractivity contribution is 6.13. The summed E-state index contributed by atoms with van der Waals surface area (Å²) in [6.07, 6.45) is 2.43. The highest BCUT2D eigenvalue weighted by Crippen LogP contribution is 2.35. The van der Waals surface area contributed by atoms with Gasteiger partial charge in [-0.15, -0.1) is 0 Å². The first-order valence-corrected chi connectivity index (χ1v) is 8.89. The number of cyclic esters (lactones) is 1. The van der Waals surface area contributed by atoms with Gasteiger partial charge < -0.3 is 19.5 Å². The molecule has 2 aromatic rings. The van der Waals surface area contributed by atoms with E-state index in [9.17, 15) is 9.59 Å². The van der Waals surface area contributed by atoms with E-state index in [1.807, 2.05) is 18.2 Å². The maximum Gasteiger partial charge on any atom is 0.363 e. The molecule has 2 heterocycles. The number of anilines is 1. The van der Waals surface area contributed by atoms with E-state index >= 15 is 0 Å². The summed E-state index contributed by atoms with van der Waals surface area (Å²) in [5, 5.41) is 2.68. The molecule has 4 rings (SSSR count). The SMILES string of the molecule is CC(=O)Nc1ccc(C2=N/C(=C/c3cccc4c3OCCCO4)C(=O)O2)cc1. The fourth-order valence-corrected chi connectivity index (χ4v) is 2.91. The number of nitrogens with one attached hydrogen (secondary N) is 1. The van der Waals surface area contributed by atoms with E-state index in [0.717, 1.165) is 6.42 Å².